The van der Waals surface area contributed by atoms with Crippen molar-refractivity contribution < 1.29 is 19.6 Å². The zero-order chi connectivity index (χ0) is 21.3. The van der Waals surface area contributed by atoms with E-state index in [9.17, 15) is 20.0 Å². The van der Waals surface area contributed by atoms with Crippen LogP contribution in [0.5, 0.6) is 5.75 Å². The van der Waals surface area contributed by atoms with Crippen LogP contribution in [0.3, 0.4) is 0 Å². The highest BCUT2D eigenvalue weighted by atomic mass is 16.6. The second kappa shape index (κ2) is 7.36. The number of nitrogens with zero attached hydrogens (tertiary/aromatic N) is 1. The number of methoxy groups -OCH3 is 1. The highest BCUT2D eigenvalue weighted by molar-refractivity contribution is 6.19. The third-order valence-corrected chi connectivity index (χ3v) is 5.19. The number of hydrogen-bond donors (Lipinski definition) is 2. The van der Waals surface area contributed by atoms with E-state index in [-0.39, 0.29) is 28.3 Å². The number of nitrogens with one attached hydrogen (secondary N) is 1. The Morgan fingerprint density at radius 2 is 1.60 bits per heavy atom. The molecule has 0 unspecified atom stereocenters. The van der Waals surface area contributed by atoms with Gasteiger partial charge >= 0.3 is 5.97 Å². The number of benzene rings is 3. The van der Waals surface area contributed by atoms with E-state index in [2.05, 4.69) is 5.32 Å². The van der Waals surface area contributed by atoms with Crippen LogP contribution in [0.25, 0.3) is 5.57 Å². The van der Waals surface area contributed by atoms with Gasteiger partial charge in [0.25, 0.3) is 5.69 Å². The Morgan fingerprint density at radius 1 is 1.03 bits per heavy atom. The summed E-state index contributed by atoms with van der Waals surface area (Å²) in [5.41, 5.74) is 0.439. The van der Waals surface area contributed by atoms with Crippen LogP contribution >= 0.6 is 0 Å². The molecule has 2 N–H and O–H groups in total. The van der Waals surface area contributed by atoms with E-state index in [1.165, 1.54) is 19.2 Å². The maximum Gasteiger partial charge on any atom is 0.336 e. The lowest BCUT2D eigenvalue weighted by molar-refractivity contribution is -0.384. The maximum absolute atomic E-state index is 12.2. The van der Waals surface area contributed by atoms with Crippen molar-refractivity contribution in [3.05, 3.63) is 106 Å². The van der Waals surface area contributed by atoms with Crippen molar-refractivity contribution in [2.75, 3.05) is 12.4 Å². The van der Waals surface area contributed by atoms with Gasteiger partial charge in [0.1, 0.15) is 17.0 Å². The van der Waals surface area contributed by atoms with E-state index in [0.29, 0.717) is 0 Å². The molecule has 0 amide bonds. The first-order valence-corrected chi connectivity index (χ1v) is 9.18. The molecule has 0 saturated carbocycles. The molecule has 0 bridgehead atoms. The Bertz CT molecular complexity index is 1120. The maximum atomic E-state index is 12.2. The van der Waals surface area contributed by atoms with Crippen molar-refractivity contribution in [1.82, 2.24) is 0 Å². The van der Waals surface area contributed by atoms with Gasteiger partial charge in [-0.05, 0) is 23.3 Å². The highest BCUT2D eigenvalue weighted by Crippen LogP contribution is 2.48. The van der Waals surface area contributed by atoms with Gasteiger partial charge in [-0.1, -0.05) is 60.7 Å². The molecule has 0 radical (unpaired) electrons. The predicted molar refractivity (Wildman–Crippen MR) is 113 cm³/mol. The largest absolute Gasteiger partial charge is 0.496 e. The summed E-state index contributed by atoms with van der Waals surface area (Å²) in [5.74, 6) is -0.974. The van der Waals surface area contributed by atoms with Crippen molar-refractivity contribution in [2.45, 2.75) is 5.54 Å². The number of nitro groups is 1. The number of anilines is 1. The fourth-order valence-corrected chi connectivity index (χ4v) is 3.79. The molecule has 0 aliphatic carbocycles. The van der Waals surface area contributed by atoms with Crippen LogP contribution in [0.2, 0.25) is 0 Å². The van der Waals surface area contributed by atoms with Gasteiger partial charge in [0, 0.05) is 5.56 Å². The number of ether oxygens (including phenoxy) is 1. The van der Waals surface area contributed by atoms with E-state index in [1.807, 2.05) is 60.7 Å². The number of carbonyl (C=O) groups is 1. The molecule has 0 spiro atoms. The van der Waals surface area contributed by atoms with E-state index in [0.717, 1.165) is 11.1 Å². The number of hydrogen-bond acceptors (Lipinski definition) is 5. The molecule has 1 aliphatic rings. The van der Waals surface area contributed by atoms with Gasteiger partial charge in [-0.15, -0.1) is 0 Å². The molecule has 0 atom stereocenters. The summed E-state index contributed by atoms with van der Waals surface area (Å²) in [5, 5.41) is 25.1. The second-order valence-corrected chi connectivity index (χ2v) is 6.85. The van der Waals surface area contributed by atoms with Crippen LogP contribution in [0.1, 0.15) is 16.7 Å². The van der Waals surface area contributed by atoms with E-state index < -0.39 is 16.4 Å². The van der Waals surface area contributed by atoms with Crippen LogP contribution in [0, 0.1) is 10.1 Å². The van der Waals surface area contributed by atoms with Crippen LogP contribution in [0.4, 0.5) is 11.4 Å². The number of aliphatic carboxylic acids is 1. The predicted octanol–water partition coefficient (Wildman–Crippen LogP) is 4.44. The van der Waals surface area contributed by atoms with E-state index in [1.54, 1.807) is 6.08 Å². The molecule has 0 aromatic heterocycles. The second-order valence-electron chi connectivity index (χ2n) is 6.85. The van der Waals surface area contributed by atoms with Gasteiger partial charge < -0.3 is 15.2 Å². The zero-order valence-electron chi connectivity index (χ0n) is 16.0. The average molecular weight is 402 g/mol. The standard InChI is InChI=1S/C23H18N2O5/c1-30-17-12-18-19(22(26)27)14-23(15-8-4-2-5-9-15,16-10-6-3-7-11-16)24-21(18)20(13-17)25(28)29/h2-14,24H,1H3,(H,26,27). The third-order valence-electron chi connectivity index (χ3n) is 5.19. The molecule has 0 saturated heterocycles. The number of nitro benzene ring substituents is 1. The molecule has 3 aromatic rings. The molecule has 150 valence electrons. The molecular formula is C23H18N2O5. The molecular weight excluding hydrogens is 384 g/mol. The van der Waals surface area contributed by atoms with Crippen LogP contribution < -0.4 is 10.1 Å². The molecule has 7 nitrogen and oxygen atoms in total. The van der Waals surface area contributed by atoms with Gasteiger partial charge in [0.2, 0.25) is 0 Å². The van der Waals surface area contributed by atoms with Gasteiger partial charge in [0.05, 0.1) is 23.7 Å². The van der Waals surface area contributed by atoms with Crippen LogP contribution in [-0.4, -0.2) is 23.1 Å². The summed E-state index contributed by atoms with van der Waals surface area (Å²) < 4.78 is 5.17. The molecule has 4 rings (SSSR count). The minimum Gasteiger partial charge on any atom is -0.496 e. The highest BCUT2D eigenvalue weighted by Gasteiger charge is 2.41. The van der Waals surface area contributed by atoms with Gasteiger partial charge in [-0.2, -0.15) is 0 Å². The quantitative estimate of drug-likeness (QED) is 0.483. The lowest BCUT2D eigenvalue weighted by Gasteiger charge is -2.38. The Morgan fingerprint density at radius 3 is 2.07 bits per heavy atom. The topological polar surface area (TPSA) is 102 Å². The van der Waals surface area contributed by atoms with Gasteiger partial charge in [-0.25, -0.2) is 4.79 Å². The lowest BCUT2D eigenvalue weighted by atomic mass is 9.77. The van der Waals surface area contributed by atoms with E-state index in [4.69, 9.17) is 4.74 Å². The number of carboxylic acids is 1. The van der Waals surface area contributed by atoms with Crippen molar-refractivity contribution in [3.63, 3.8) is 0 Å². The first kappa shape index (κ1) is 19.2. The average Bonchev–Trinajstić information content (AvgIpc) is 2.78. The first-order valence-electron chi connectivity index (χ1n) is 9.18. The molecule has 1 heterocycles. The number of fused-ring (bicyclic) bond motifs is 1. The molecule has 0 fully saturated rings. The van der Waals surface area contributed by atoms with Crippen molar-refractivity contribution in [3.8, 4) is 5.75 Å². The Kier molecular flexibility index (Phi) is 4.71. The van der Waals surface area contributed by atoms with E-state index >= 15 is 0 Å². The van der Waals surface area contributed by atoms with Gasteiger partial charge in [-0.3, -0.25) is 10.1 Å². The fraction of sp³-hybridized carbons (Fsp3) is 0.0870. The van der Waals surface area contributed by atoms with Gasteiger partial charge in [0.15, 0.2) is 0 Å². The summed E-state index contributed by atoms with van der Waals surface area (Å²) in [7, 11) is 1.38. The molecule has 7 heteroatoms. The number of carboxylic acid groups (broad SMARTS) is 1. The number of rotatable bonds is 5. The summed E-state index contributed by atoms with van der Waals surface area (Å²) in [6.45, 7) is 0. The lowest BCUT2D eigenvalue weighted by Crippen LogP contribution is -2.38. The summed E-state index contributed by atoms with van der Waals surface area (Å²) in [4.78, 5) is 23.5. The summed E-state index contributed by atoms with van der Waals surface area (Å²) in [6.07, 6.45) is 1.60. The molecule has 3 aromatic carbocycles. The third kappa shape index (κ3) is 3.06. The van der Waals surface area contributed by atoms with Crippen LogP contribution in [-0.2, 0) is 10.3 Å². The minimum atomic E-state index is -1.18. The summed E-state index contributed by atoms with van der Waals surface area (Å²) in [6, 6.07) is 21.3. The molecule has 30 heavy (non-hydrogen) atoms. The van der Waals surface area contributed by atoms with Crippen LogP contribution in [0.15, 0.2) is 78.9 Å². The summed E-state index contributed by atoms with van der Waals surface area (Å²) >= 11 is 0. The minimum absolute atomic E-state index is 0.0431. The van der Waals surface area contributed by atoms with Crippen molar-refractivity contribution in [2.24, 2.45) is 0 Å². The zero-order valence-corrected chi connectivity index (χ0v) is 16.0. The normalized spacial score (nSPS) is 14.1. The Hall–Kier alpha value is -4.13. The Balaban J connectivity index is 2.09. The monoisotopic (exact) mass is 402 g/mol. The smallest absolute Gasteiger partial charge is 0.336 e. The SMILES string of the molecule is COc1cc2c(c([N+](=O)[O-])c1)NC(c1ccccc1)(c1ccccc1)C=C2C(=O)O. The molecule has 1 aliphatic heterocycles. The fourth-order valence-electron chi connectivity index (χ4n) is 3.79. The van der Waals surface area contributed by atoms with Crippen molar-refractivity contribution >= 4 is 22.9 Å². The Labute approximate surface area is 172 Å². The van der Waals surface area contributed by atoms with Crippen molar-refractivity contribution in [1.29, 1.82) is 0 Å². The first-order chi connectivity index (χ1) is 14.5.